The van der Waals surface area contributed by atoms with Gasteiger partial charge in [-0.2, -0.15) is 0 Å². The van der Waals surface area contributed by atoms with Crippen LogP contribution in [0.5, 0.6) is 0 Å². The summed E-state index contributed by atoms with van der Waals surface area (Å²) in [4.78, 5) is 2.58. The summed E-state index contributed by atoms with van der Waals surface area (Å²) < 4.78 is 1.15. The Bertz CT molecular complexity index is 390. The molecule has 0 aliphatic carbocycles. The normalized spacial score (nSPS) is 13.4. The molecule has 20 heavy (non-hydrogen) atoms. The Morgan fingerprint density at radius 2 is 1.90 bits per heavy atom. The number of nitrogens with one attached hydrogen (secondary N) is 1. The lowest BCUT2D eigenvalue weighted by Gasteiger charge is -2.30. The molecule has 1 aromatic carbocycles. The van der Waals surface area contributed by atoms with Gasteiger partial charge in [0.15, 0.2) is 0 Å². The molecule has 0 aliphatic heterocycles. The molecule has 2 nitrogen and oxygen atoms in total. The summed E-state index contributed by atoms with van der Waals surface area (Å²) in [5, 5.41) is 3.45. The van der Waals surface area contributed by atoms with Crippen LogP contribution in [0, 0.1) is 5.92 Å². The van der Waals surface area contributed by atoms with Gasteiger partial charge in [0, 0.05) is 29.6 Å². The minimum absolute atomic E-state index is 0.418. The third kappa shape index (κ3) is 5.94. The second-order valence-electron chi connectivity index (χ2n) is 6.17. The van der Waals surface area contributed by atoms with Crippen molar-refractivity contribution in [2.24, 2.45) is 5.92 Å². The zero-order valence-corrected chi connectivity index (χ0v) is 15.1. The maximum absolute atomic E-state index is 3.56. The first-order valence-corrected chi connectivity index (χ1v) is 8.40. The van der Waals surface area contributed by atoms with E-state index in [4.69, 9.17) is 0 Å². The summed E-state index contributed by atoms with van der Waals surface area (Å²) >= 11 is 3.56. The van der Waals surface area contributed by atoms with Crippen LogP contribution in [0.15, 0.2) is 28.7 Å². The van der Waals surface area contributed by atoms with Gasteiger partial charge in [0.25, 0.3) is 0 Å². The molecule has 3 heteroatoms. The van der Waals surface area contributed by atoms with Gasteiger partial charge < -0.3 is 10.2 Å². The first-order chi connectivity index (χ1) is 9.43. The quantitative estimate of drug-likeness (QED) is 0.751. The highest BCUT2D eigenvalue weighted by Gasteiger charge is 2.15. The van der Waals surface area contributed by atoms with Crippen molar-refractivity contribution in [1.82, 2.24) is 10.2 Å². The van der Waals surface area contributed by atoms with Crippen molar-refractivity contribution in [3.63, 3.8) is 0 Å². The van der Waals surface area contributed by atoms with Gasteiger partial charge in [-0.15, -0.1) is 0 Å². The summed E-state index contributed by atoms with van der Waals surface area (Å²) in [5.41, 5.74) is 1.36. The predicted octanol–water partition coefficient (Wildman–Crippen LogP) is 4.47. The van der Waals surface area contributed by atoms with E-state index >= 15 is 0 Å². The van der Waals surface area contributed by atoms with Gasteiger partial charge in [-0.25, -0.2) is 0 Å². The molecule has 1 unspecified atom stereocenters. The summed E-state index contributed by atoms with van der Waals surface area (Å²) in [7, 11) is 2.05. The molecule has 0 radical (unpaired) electrons. The van der Waals surface area contributed by atoms with Crippen molar-refractivity contribution in [3.05, 3.63) is 34.3 Å². The molecule has 0 spiro atoms. The van der Waals surface area contributed by atoms with Crippen molar-refractivity contribution in [3.8, 4) is 0 Å². The molecule has 0 saturated heterocycles. The van der Waals surface area contributed by atoms with Crippen LogP contribution < -0.4 is 5.32 Å². The van der Waals surface area contributed by atoms with Crippen LogP contribution in [0.4, 0.5) is 0 Å². The lowest BCUT2D eigenvalue weighted by molar-refractivity contribution is 0.188. The molecule has 0 amide bonds. The average Bonchev–Trinajstić information content (AvgIpc) is 2.37. The Hall–Kier alpha value is -0.380. The van der Waals surface area contributed by atoms with Gasteiger partial charge in [-0.3, -0.25) is 0 Å². The SMILES string of the molecule is CNC(CCN(CC(C)C)C(C)C)c1cccc(Br)c1. The second-order valence-corrected chi connectivity index (χ2v) is 7.08. The fraction of sp³-hybridized carbons (Fsp3) is 0.647. The Labute approximate surface area is 133 Å². The monoisotopic (exact) mass is 340 g/mol. The smallest absolute Gasteiger partial charge is 0.0330 e. The third-order valence-electron chi connectivity index (χ3n) is 3.63. The lowest BCUT2D eigenvalue weighted by atomic mass is 10.0. The molecule has 0 saturated carbocycles. The molecule has 0 aromatic heterocycles. The fourth-order valence-electron chi connectivity index (χ4n) is 2.53. The van der Waals surface area contributed by atoms with Crippen LogP contribution in [-0.2, 0) is 0 Å². The Kier molecular flexibility index (Phi) is 7.78. The number of hydrogen-bond acceptors (Lipinski definition) is 2. The molecule has 0 bridgehead atoms. The number of rotatable bonds is 8. The van der Waals surface area contributed by atoms with Crippen LogP contribution in [0.3, 0.4) is 0 Å². The van der Waals surface area contributed by atoms with Crippen molar-refractivity contribution >= 4 is 15.9 Å². The summed E-state index contributed by atoms with van der Waals surface area (Å²) in [5.74, 6) is 0.719. The van der Waals surface area contributed by atoms with Crippen molar-refractivity contribution in [2.45, 2.75) is 46.2 Å². The van der Waals surface area contributed by atoms with Crippen LogP contribution in [0.2, 0.25) is 0 Å². The van der Waals surface area contributed by atoms with Crippen LogP contribution in [-0.4, -0.2) is 31.1 Å². The zero-order valence-electron chi connectivity index (χ0n) is 13.5. The molecule has 1 atom stereocenters. The van der Waals surface area contributed by atoms with E-state index in [2.05, 4.69) is 78.1 Å². The predicted molar refractivity (Wildman–Crippen MR) is 92.1 cm³/mol. The largest absolute Gasteiger partial charge is 0.313 e. The van der Waals surface area contributed by atoms with E-state index < -0.39 is 0 Å². The van der Waals surface area contributed by atoms with E-state index in [1.54, 1.807) is 0 Å². The number of nitrogens with zero attached hydrogens (tertiary/aromatic N) is 1. The molecule has 1 aromatic rings. The highest BCUT2D eigenvalue weighted by molar-refractivity contribution is 9.10. The van der Waals surface area contributed by atoms with Gasteiger partial charge >= 0.3 is 0 Å². The average molecular weight is 341 g/mol. The minimum atomic E-state index is 0.418. The second kappa shape index (κ2) is 8.81. The van der Waals surface area contributed by atoms with Gasteiger partial charge in [-0.1, -0.05) is 41.9 Å². The molecule has 0 heterocycles. The van der Waals surface area contributed by atoms with Crippen LogP contribution in [0.1, 0.15) is 45.7 Å². The summed E-state index contributed by atoms with van der Waals surface area (Å²) in [6.07, 6.45) is 1.14. The van der Waals surface area contributed by atoms with E-state index in [0.717, 1.165) is 23.4 Å². The fourth-order valence-corrected chi connectivity index (χ4v) is 2.94. The third-order valence-corrected chi connectivity index (χ3v) is 4.13. The Morgan fingerprint density at radius 3 is 2.40 bits per heavy atom. The first kappa shape index (κ1) is 17.7. The van der Waals surface area contributed by atoms with Crippen LogP contribution in [0.25, 0.3) is 0 Å². The maximum atomic E-state index is 3.56. The van der Waals surface area contributed by atoms with E-state index in [1.165, 1.54) is 12.1 Å². The molecule has 0 aliphatic rings. The minimum Gasteiger partial charge on any atom is -0.313 e. The van der Waals surface area contributed by atoms with E-state index in [9.17, 15) is 0 Å². The zero-order chi connectivity index (χ0) is 15.1. The van der Waals surface area contributed by atoms with E-state index in [-0.39, 0.29) is 0 Å². The molecule has 1 N–H and O–H groups in total. The topological polar surface area (TPSA) is 15.3 Å². The van der Waals surface area contributed by atoms with Gasteiger partial charge in [0.2, 0.25) is 0 Å². The highest BCUT2D eigenvalue weighted by Crippen LogP contribution is 2.21. The standard InChI is InChI=1S/C17H29BrN2/c1-13(2)12-20(14(3)4)10-9-17(19-5)15-7-6-8-16(18)11-15/h6-8,11,13-14,17,19H,9-10,12H2,1-5H3. The number of hydrogen-bond donors (Lipinski definition) is 1. The molecule has 114 valence electrons. The van der Waals surface area contributed by atoms with Crippen molar-refractivity contribution < 1.29 is 0 Å². The summed E-state index contributed by atoms with van der Waals surface area (Å²) in [6, 6.07) is 9.63. The summed E-state index contributed by atoms with van der Waals surface area (Å²) in [6.45, 7) is 11.5. The van der Waals surface area contributed by atoms with Crippen molar-refractivity contribution in [1.29, 1.82) is 0 Å². The number of benzene rings is 1. The molecular weight excluding hydrogens is 312 g/mol. The van der Waals surface area contributed by atoms with Crippen molar-refractivity contribution in [2.75, 3.05) is 20.1 Å². The van der Waals surface area contributed by atoms with Gasteiger partial charge in [0.1, 0.15) is 0 Å². The van der Waals surface area contributed by atoms with E-state index in [1.807, 2.05) is 7.05 Å². The maximum Gasteiger partial charge on any atom is 0.0330 e. The molecule has 0 fully saturated rings. The van der Waals surface area contributed by atoms with Gasteiger partial charge in [0.05, 0.1) is 0 Å². The first-order valence-electron chi connectivity index (χ1n) is 7.60. The highest BCUT2D eigenvalue weighted by atomic mass is 79.9. The van der Waals surface area contributed by atoms with Gasteiger partial charge in [-0.05, 0) is 50.9 Å². The molecule has 1 rings (SSSR count). The van der Waals surface area contributed by atoms with E-state index in [0.29, 0.717) is 12.1 Å². The Balaban J connectivity index is 2.64. The molecular formula is C17H29BrN2. The number of halogens is 1. The lowest BCUT2D eigenvalue weighted by Crippen LogP contribution is -2.36. The Morgan fingerprint density at radius 1 is 1.20 bits per heavy atom. The van der Waals surface area contributed by atoms with Crippen LogP contribution >= 0.6 is 15.9 Å².